The van der Waals surface area contributed by atoms with Crippen molar-refractivity contribution in [2.45, 2.75) is 0 Å². The molecule has 4 heterocycles. The molecule has 4 aromatic carbocycles. The first-order chi connectivity index (χ1) is 23.8. The van der Waals surface area contributed by atoms with Crippen LogP contribution >= 0.6 is 0 Å². The molecule has 0 aliphatic rings. The van der Waals surface area contributed by atoms with E-state index in [0.29, 0.717) is 5.82 Å². The van der Waals surface area contributed by atoms with Crippen LogP contribution in [0.5, 0.6) is 0 Å². The van der Waals surface area contributed by atoms with Crippen molar-refractivity contribution in [3.05, 3.63) is 176 Å². The number of rotatable bonds is 7. The van der Waals surface area contributed by atoms with Gasteiger partial charge in [0.05, 0.1) is 39.9 Å². The number of pyridine rings is 3. The normalized spacial score (nSPS) is 10.9. The van der Waals surface area contributed by atoms with Gasteiger partial charge in [-0.05, 0) is 64.7 Å². The Morgan fingerprint density at radius 3 is 1.33 bits per heavy atom. The molecule has 0 bridgehead atoms. The van der Waals surface area contributed by atoms with Crippen LogP contribution in [0.3, 0.4) is 0 Å². The van der Waals surface area contributed by atoms with E-state index in [-0.39, 0.29) is 0 Å². The van der Waals surface area contributed by atoms with E-state index in [9.17, 15) is 0 Å². The smallest absolute Gasteiger partial charge is 0.160 e. The first-order valence-electron chi connectivity index (χ1n) is 15.8. The lowest BCUT2D eigenvalue weighted by Crippen LogP contribution is -1.98. The highest BCUT2D eigenvalue weighted by Gasteiger charge is 2.15. The third-order valence-electron chi connectivity index (χ3n) is 8.18. The second-order valence-corrected chi connectivity index (χ2v) is 11.4. The van der Waals surface area contributed by atoms with Gasteiger partial charge in [0, 0.05) is 17.3 Å². The molecule has 0 amide bonds. The predicted molar refractivity (Wildman–Crippen MR) is 193 cm³/mol. The fourth-order valence-electron chi connectivity index (χ4n) is 5.73. The Kier molecular flexibility index (Phi) is 7.83. The Balaban J connectivity index is 1.23. The maximum absolute atomic E-state index is 5.13. The average Bonchev–Trinajstić information content (AvgIpc) is 3.19. The highest BCUT2D eigenvalue weighted by Crippen LogP contribution is 2.32. The first-order valence-corrected chi connectivity index (χ1v) is 15.8. The zero-order valence-electron chi connectivity index (χ0n) is 26.0. The molecule has 8 aromatic rings. The summed E-state index contributed by atoms with van der Waals surface area (Å²) in [6.45, 7) is 0. The van der Waals surface area contributed by atoms with Crippen LogP contribution in [0.1, 0.15) is 0 Å². The summed E-state index contributed by atoms with van der Waals surface area (Å²) in [6.07, 6.45) is 1.79. The highest BCUT2D eigenvalue weighted by molar-refractivity contribution is 5.77. The minimum Gasteiger partial charge on any atom is -0.255 e. The molecular formula is C43H29N5. The second-order valence-electron chi connectivity index (χ2n) is 11.4. The third kappa shape index (κ3) is 6.13. The number of hydrogen-bond acceptors (Lipinski definition) is 5. The zero-order chi connectivity index (χ0) is 32.1. The van der Waals surface area contributed by atoms with Crippen molar-refractivity contribution in [2.75, 3.05) is 0 Å². The van der Waals surface area contributed by atoms with Crippen molar-refractivity contribution in [3.63, 3.8) is 0 Å². The number of nitrogens with zero attached hydrogens (tertiary/aromatic N) is 5. The summed E-state index contributed by atoms with van der Waals surface area (Å²) in [7, 11) is 0. The van der Waals surface area contributed by atoms with Crippen LogP contribution in [0.4, 0.5) is 0 Å². The van der Waals surface area contributed by atoms with Gasteiger partial charge in [-0.15, -0.1) is 0 Å². The molecule has 0 saturated heterocycles. The van der Waals surface area contributed by atoms with Gasteiger partial charge < -0.3 is 0 Å². The van der Waals surface area contributed by atoms with E-state index in [1.807, 2.05) is 84.9 Å². The van der Waals surface area contributed by atoms with Gasteiger partial charge in [0.2, 0.25) is 0 Å². The van der Waals surface area contributed by atoms with Gasteiger partial charge in [-0.1, -0.05) is 127 Å². The standard InChI is InChI=1S/C43H29N5/c1-4-13-30(14-5-1)32-22-24-34(25-23-32)43-47-39(33-17-8-3-9-18-33)29-42(48-43)38-21-12-20-37(45-38)41-28-35(31-15-6-2-7-16-31)27-40(46-41)36-19-10-11-26-44-36/h1-29H. The summed E-state index contributed by atoms with van der Waals surface area (Å²) < 4.78 is 0. The topological polar surface area (TPSA) is 64.5 Å². The molecule has 0 spiro atoms. The second kappa shape index (κ2) is 13.0. The van der Waals surface area contributed by atoms with Gasteiger partial charge in [0.15, 0.2) is 5.82 Å². The molecule has 0 unspecified atom stereocenters. The molecule has 0 aliphatic carbocycles. The molecule has 4 aromatic heterocycles. The van der Waals surface area contributed by atoms with E-state index in [1.165, 1.54) is 5.56 Å². The molecule has 0 aliphatic heterocycles. The van der Waals surface area contributed by atoms with Crippen molar-refractivity contribution < 1.29 is 0 Å². The zero-order valence-corrected chi connectivity index (χ0v) is 26.0. The molecule has 48 heavy (non-hydrogen) atoms. The highest BCUT2D eigenvalue weighted by atomic mass is 14.9. The molecule has 5 nitrogen and oxygen atoms in total. The van der Waals surface area contributed by atoms with Crippen LogP contribution in [0.25, 0.3) is 79.1 Å². The maximum Gasteiger partial charge on any atom is 0.160 e. The monoisotopic (exact) mass is 615 g/mol. The molecule has 5 heteroatoms. The summed E-state index contributed by atoms with van der Waals surface area (Å²) >= 11 is 0. The van der Waals surface area contributed by atoms with Gasteiger partial charge in [-0.3, -0.25) is 4.98 Å². The molecular weight excluding hydrogens is 587 g/mol. The van der Waals surface area contributed by atoms with Crippen molar-refractivity contribution in [2.24, 2.45) is 0 Å². The van der Waals surface area contributed by atoms with Gasteiger partial charge in [0.25, 0.3) is 0 Å². The van der Waals surface area contributed by atoms with E-state index in [4.69, 9.17) is 19.9 Å². The average molecular weight is 616 g/mol. The van der Waals surface area contributed by atoms with E-state index in [0.717, 1.165) is 67.7 Å². The minimum absolute atomic E-state index is 0.639. The number of benzene rings is 4. The summed E-state index contributed by atoms with van der Waals surface area (Å²) in [5, 5.41) is 0. The fourth-order valence-corrected chi connectivity index (χ4v) is 5.73. The van der Waals surface area contributed by atoms with Crippen molar-refractivity contribution in [1.29, 1.82) is 0 Å². The first kappa shape index (κ1) is 28.9. The maximum atomic E-state index is 5.13. The molecule has 8 rings (SSSR count). The van der Waals surface area contributed by atoms with Gasteiger partial charge in [-0.25, -0.2) is 19.9 Å². The minimum atomic E-state index is 0.639. The lowest BCUT2D eigenvalue weighted by Gasteiger charge is -2.12. The molecule has 226 valence electrons. The molecule has 0 fully saturated rings. The van der Waals surface area contributed by atoms with Crippen LogP contribution in [0, 0.1) is 0 Å². The summed E-state index contributed by atoms with van der Waals surface area (Å²) in [4.78, 5) is 24.8. The van der Waals surface area contributed by atoms with Gasteiger partial charge in [0.1, 0.15) is 0 Å². The van der Waals surface area contributed by atoms with E-state index < -0.39 is 0 Å². The predicted octanol–water partition coefficient (Wildman–Crippen LogP) is 10.3. The Hall–Kier alpha value is -6.59. The van der Waals surface area contributed by atoms with Crippen LogP contribution in [0.15, 0.2) is 176 Å². The Bertz CT molecular complexity index is 2250. The Morgan fingerprint density at radius 2 is 0.708 bits per heavy atom. The number of aromatic nitrogens is 5. The summed E-state index contributed by atoms with van der Waals surface area (Å²) in [5.74, 6) is 0.639. The lowest BCUT2D eigenvalue weighted by molar-refractivity contribution is 1.16. The van der Waals surface area contributed by atoms with E-state index in [1.54, 1.807) is 6.20 Å². The van der Waals surface area contributed by atoms with Gasteiger partial charge in [-0.2, -0.15) is 0 Å². The van der Waals surface area contributed by atoms with Crippen molar-refractivity contribution in [1.82, 2.24) is 24.9 Å². The Labute approximate surface area is 279 Å². The SMILES string of the molecule is c1ccc(-c2ccc(-c3nc(-c4ccccc4)cc(-c4cccc(-c5cc(-c6ccccc6)cc(-c6ccccn6)n5)n4)n3)cc2)cc1. The number of hydrogen-bond donors (Lipinski definition) is 0. The van der Waals surface area contributed by atoms with Crippen LogP contribution in [-0.4, -0.2) is 24.9 Å². The lowest BCUT2D eigenvalue weighted by atomic mass is 10.0. The third-order valence-corrected chi connectivity index (χ3v) is 8.18. The molecule has 0 N–H and O–H groups in total. The summed E-state index contributed by atoms with van der Waals surface area (Å²) in [5.41, 5.74) is 11.8. The van der Waals surface area contributed by atoms with Crippen LogP contribution in [0.2, 0.25) is 0 Å². The van der Waals surface area contributed by atoms with E-state index >= 15 is 0 Å². The molecule has 0 saturated carbocycles. The van der Waals surface area contributed by atoms with Crippen LogP contribution < -0.4 is 0 Å². The van der Waals surface area contributed by atoms with Crippen molar-refractivity contribution >= 4 is 0 Å². The quantitative estimate of drug-likeness (QED) is 0.178. The van der Waals surface area contributed by atoms with Gasteiger partial charge >= 0.3 is 0 Å². The van der Waals surface area contributed by atoms with Crippen molar-refractivity contribution in [3.8, 4) is 79.1 Å². The van der Waals surface area contributed by atoms with Crippen LogP contribution in [-0.2, 0) is 0 Å². The summed E-state index contributed by atoms with van der Waals surface area (Å²) in [6, 6.07) is 57.3. The largest absolute Gasteiger partial charge is 0.255 e. The Morgan fingerprint density at radius 1 is 0.250 bits per heavy atom. The fraction of sp³-hybridized carbons (Fsp3) is 0. The molecule has 0 atom stereocenters. The molecule has 0 radical (unpaired) electrons. The van der Waals surface area contributed by atoms with E-state index in [2.05, 4.69) is 89.9 Å².